The Morgan fingerprint density at radius 2 is 0.882 bits per heavy atom. The van der Waals surface area contributed by atoms with Crippen LogP contribution < -0.4 is 5.32 Å². The van der Waals surface area contributed by atoms with E-state index >= 15 is 0 Å². The van der Waals surface area contributed by atoms with Gasteiger partial charge in [0.1, 0.15) is 0 Å². The topological polar surface area (TPSA) is 18.5 Å². The van der Waals surface area contributed by atoms with Gasteiger partial charge in [-0.2, -0.15) is 0 Å². The second-order valence-electron chi connectivity index (χ2n) is 19.6. The molecule has 0 aromatic heterocycles. The minimum atomic E-state index is 0. The third-order valence-electron chi connectivity index (χ3n) is 12.5. The van der Waals surface area contributed by atoms with Gasteiger partial charge < -0.3 is 5.32 Å². The molecule has 2 aromatic carbocycles. The van der Waals surface area contributed by atoms with Crippen LogP contribution in [0.2, 0.25) is 0 Å². The third-order valence-corrected chi connectivity index (χ3v) is 14.3. The van der Waals surface area contributed by atoms with Crippen LogP contribution in [-0.4, -0.2) is 62.0 Å². The van der Waals surface area contributed by atoms with Gasteiger partial charge >= 0.3 is 0 Å². The summed E-state index contributed by atoms with van der Waals surface area (Å²) in [6.07, 6.45) is 11.3. The Kier molecular flexibility index (Phi) is 16.7. The first-order valence-electron chi connectivity index (χ1n) is 19.2. The zero-order chi connectivity index (χ0) is 37.9. The van der Waals surface area contributed by atoms with Gasteiger partial charge in [0, 0.05) is 47.0 Å². The van der Waals surface area contributed by atoms with Crippen LogP contribution in [0.25, 0.3) is 0 Å². The Balaban J connectivity index is 0.000000336. The first-order valence-corrected chi connectivity index (χ1v) is 21.7. The van der Waals surface area contributed by atoms with Crippen molar-refractivity contribution in [1.82, 2.24) is 15.1 Å². The van der Waals surface area contributed by atoms with Crippen LogP contribution in [0, 0.1) is 0 Å². The number of alkyl halides is 1. The van der Waals surface area contributed by atoms with Crippen molar-refractivity contribution in [3.63, 3.8) is 0 Å². The Bertz CT molecular complexity index is 1320. The largest absolute Gasteiger partial charge is 0.307 e. The monoisotopic (exact) mass is 895 g/mol. The van der Waals surface area contributed by atoms with Crippen LogP contribution in [-0.2, 0) is 0 Å². The number of benzene rings is 2. The zero-order valence-corrected chi connectivity index (χ0v) is 39.0. The Morgan fingerprint density at radius 1 is 0.510 bits per heavy atom. The summed E-state index contributed by atoms with van der Waals surface area (Å²) in [7, 11) is 4.57. The number of rotatable bonds is 2. The number of hydrogen-bond donors (Lipinski definition) is 1. The smallest absolute Gasteiger partial charge is 0.0176 e. The molecule has 5 rings (SSSR count). The molecule has 3 aliphatic rings. The molecule has 292 valence electrons. The number of hydrogen-bond acceptors (Lipinski definition) is 3. The molecule has 0 bridgehead atoms. The van der Waals surface area contributed by atoms with E-state index in [9.17, 15) is 0 Å². The third kappa shape index (κ3) is 13.8. The summed E-state index contributed by atoms with van der Waals surface area (Å²) in [5, 5.41) is 3.88. The molecule has 0 amide bonds. The van der Waals surface area contributed by atoms with Crippen molar-refractivity contribution < 1.29 is 0 Å². The van der Waals surface area contributed by atoms with Gasteiger partial charge in [0.05, 0.1) is 0 Å². The molecule has 3 nitrogen and oxygen atoms in total. The molecule has 6 heteroatoms. The van der Waals surface area contributed by atoms with Gasteiger partial charge in [0.25, 0.3) is 0 Å². The van der Waals surface area contributed by atoms with Crippen LogP contribution >= 0.6 is 47.8 Å². The molecular formula is C45H76Br3N3. The van der Waals surface area contributed by atoms with E-state index < -0.39 is 0 Å². The molecule has 3 unspecified atom stereocenters. The number of nitrogens with one attached hydrogen (secondary N) is 1. The van der Waals surface area contributed by atoms with Gasteiger partial charge in [-0.05, 0) is 202 Å². The molecule has 0 saturated carbocycles. The summed E-state index contributed by atoms with van der Waals surface area (Å²) in [4.78, 5) is 5.82. The average molecular weight is 899 g/mol. The first kappa shape index (κ1) is 46.9. The molecule has 3 aliphatic heterocycles. The van der Waals surface area contributed by atoms with E-state index in [1.807, 2.05) is 24.3 Å². The SMILES string of the molecule is Brc1ccc(Br)cc1.C.CN1C(C)(C)CCC(Br)CC1(C)C.CN1C(C)(C)CCC(c2ccc(C3CCC(C)(C)NC(C)(C)C3)cc2)CC1(C)C. The maximum absolute atomic E-state index is 3.88. The molecule has 3 fully saturated rings. The predicted molar refractivity (Wildman–Crippen MR) is 238 cm³/mol. The van der Waals surface area contributed by atoms with E-state index in [-0.39, 0.29) is 29.6 Å². The molecule has 0 radical (unpaired) electrons. The van der Waals surface area contributed by atoms with E-state index in [0.29, 0.717) is 27.7 Å². The first-order chi connectivity index (χ1) is 22.8. The molecular weight excluding hydrogens is 822 g/mol. The lowest BCUT2D eigenvalue weighted by Gasteiger charge is -2.45. The second-order valence-corrected chi connectivity index (χ2v) is 22.7. The fourth-order valence-electron chi connectivity index (χ4n) is 8.96. The van der Waals surface area contributed by atoms with Crippen molar-refractivity contribution in [3.05, 3.63) is 68.6 Å². The van der Waals surface area contributed by atoms with Crippen molar-refractivity contribution in [3.8, 4) is 0 Å². The van der Waals surface area contributed by atoms with Crippen molar-refractivity contribution >= 4 is 47.8 Å². The summed E-state index contributed by atoms with van der Waals surface area (Å²) in [6.45, 7) is 28.5. The lowest BCUT2D eigenvalue weighted by atomic mass is 9.81. The second kappa shape index (κ2) is 18.1. The van der Waals surface area contributed by atoms with Crippen LogP contribution in [0.1, 0.15) is 171 Å². The van der Waals surface area contributed by atoms with Gasteiger partial charge in [-0.1, -0.05) is 79.5 Å². The van der Waals surface area contributed by atoms with Gasteiger partial charge in [-0.3, -0.25) is 9.80 Å². The molecule has 3 atom stereocenters. The molecule has 0 spiro atoms. The average Bonchev–Trinajstić information content (AvgIpc) is 3.21. The summed E-state index contributed by atoms with van der Waals surface area (Å²) in [6, 6.07) is 17.8. The quantitative estimate of drug-likeness (QED) is 0.303. The van der Waals surface area contributed by atoms with Crippen molar-refractivity contribution in [2.24, 2.45) is 0 Å². The fraction of sp³-hybridized carbons (Fsp3) is 0.733. The molecule has 3 saturated heterocycles. The van der Waals surface area contributed by atoms with E-state index in [1.54, 1.807) is 5.56 Å². The molecule has 0 aliphatic carbocycles. The number of halogens is 3. The van der Waals surface area contributed by atoms with E-state index in [0.717, 1.165) is 8.95 Å². The molecule has 2 aromatic rings. The normalized spacial score (nSPS) is 28.1. The minimum absolute atomic E-state index is 0. The van der Waals surface area contributed by atoms with E-state index in [4.69, 9.17) is 0 Å². The maximum atomic E-state index is 3.88. The summed E-state index contributed by atoms with van der Waals surface area (Å²) < 4.78 is 2.22. The Morgan fingerprint density at radius 3 is 1.33 bits per heavy atom. The highest BCUT2D eigenvalue weighted by Crippen LogP contribution is 2.43. The van der Waals surface area contributed by atoms with Gasteiger partial charge in [0.2, 0.25) is 0 Å². The highest BCUT2D eigenvalue weighted by Gasteiger charge is 2.41. The summed E-state index contributed by atoms with van der Waals surface area (Å²) >= 11 is 10.4. The number of nitrogens with zero attached hydrogens (tertiary/aromatic N) is 2. The van der Waals surface area contributed by atoms with Crippen LogP contribution in [0.4, 0.5) is 0 Å². The highest BCUT2D eigenvalue weighted by molar-refractivity contribution is 9.11. The molecule has 51 heavy (non-hydrogen) atoms. The van der Waals surface area contributed by atoms with Crippen molar-refractivity contribution in [2.45, 2.75) is 198 Å². The highest BCUT2D eigenvalue weighted by atomic mass is 79.9. The Hall–Kier alpha value is -0.240. The lowest BCUT2D eigenvalue weighted by Crippen LogP contribution is -2.51. The van der Waals surface area contributed by atoms with Gasteiger partial charge in [-0.25, -0.2) is 0 Å². The van der Waals surface area contributed by atoms with Crippen LogP contribution in [0.3, 0.4) is 0 Å². The fourth-order valence-corrected chi connectivity index (χ4v) is 10.5. The molecule has 1 N–H and O–H groups in total. The van der Waals surface area contributed by atoms with E-state index in [1.165, 1.54) is 63.4 Å². The molecule has 3 heterocycles. The number of likely N-dealkylation sites (tertiary alicyclic amines) is 2. The lowest BCUT2D eigenvalue weighted by molar-refractivity contribution is 0.0483. The minimum Gasteiger partial charge on any atom is -0.307 e. The van der Waals surface area contributed by atoms with Crippen LogP contribution in [0.5, 0.6) is 0 Å². The van der Waals surface area contributed by atoms with Gasteiger partial charge in [-0.15, -0.1) is 0 Å². The summed E-state index contributed by atoms with van der Waals surface area (Å²) in [5.41, 5.74) is 4.63. The standard InChI is InChI=1S/C27H46N2.C11H22BrN.C6H4Br2.CH4/c1-24(2)16-14-22(18-25(3,4)28-24)20-10-12-21(13-11-20)23-15-17-26(5,6)29(9)27(7,8)19-23;1-10(2)7-6-9(12)8-11(3,4)13(10)5;7-5-1-2-6(8)4-3-5;/h10-13,22-23,28H,14-19H2,1-9H3;9H,6-8H2,1-5H3;1-4H;1H4. The van der Waals surface area contributed by atoms with Crippen molar-refractivity contribution in [2.75, 3.05) is 14.1 Å². The zero-order valence-electron chi connectivity index (χ0n) is 34.2. The van der Waals surface area contributed by atoms with Crippen LogP contribution in [0.15, 0.2) is 57.5 Å². The van der Waals surface area contributed by atoms with Gasteiger partial charge in [0.15, 0.2) is 0 Å². The van der Waals surface area contributed by atoms with E-state index in [2.05, 4.69) is 184 Å². The maximum Gasteiger partial charge on any atom is 0.0176 e. The summed E-state index contributed by atoms with van der Waals surface area (Å²) in [5.74, 6) is 1.32. The van der Waals surface area contributed by atoms with Crippen molar-refractivity contribution in [1.29, 1.82) is 0 Å². The predicted octanol–water partition coefficient (Wildman–Crippen LogP) is 14.1. The Labute approximate surface area is 341 Å².